The lowest BCUT2D eigenvalue weighted by Crippen LogP contribution is -2.32. The number of halogens is 3. The van der Waals surface area contributed by atoms with Crippen LogP contribution in [0.5, 0.6) is 0 Å². The molecule has 2 rings (SSSR count). The molecular formula is C15H16F3N3O2S. The minimum atomic E-state index is -4.59. The molecule has 1 heterocycles. The number of hydrogen-bond acceptors (Lipinski definition) is 5. The molecule has 5 nitrogen and oxygen atoms in total. The minimum absolute atomic E-state index is 0.0397. The van der Waals surface area contributed by atoms with E-state index in [2.05, 4.69) is 15.5 Å². The highest BCUT2D eigenvalue weighted by molar-refractivity contribution is 7.11. The third-order valence-electron chi connectivity index (χ3n) is 3.01. The maximum absolute atomic E-state index is 13.1. The molecule has 0 aliphatic rings. The Bertz CT molecular complexity index is 661. The summed E-state index contributed by atoms with van der Waals surface area (Å²) < 4.78 is 44.0. The van der Waals surface area contributed by atoms with Crippen LogP contribution in [-0.4, -0.2) is 35.4 Å². The molecular weight excluding hydrogens is 343 g/mol. The van der Waals surface area contributed by atoms with Gasteiger partial charge in [0.25, 0.3) is 0 Å². The van der Waals surface area contributed by atoms with Crippen molar-refractivity contribution < 1.29 is 22.7 Å². The maximum Gasteiger partial charge on any atom is 0.418 e. The lowest BCUT2D eigenvalue weighted by atomic mass is 10.1. The second-order valence-electron chi connectivity index (χ2n) is 4.96. The highest BCUT2D eigenvalue weighted by Gasteiger charge is 2.42. The van der Waals surface area contributed by atoms with E-state index < -0.39 is 24.8 Å². The van der Waals surface area contributed by atoms with Gasteiger partial charge in [0.15, 0.2) is 6.10 Å². The van der Waals surface area contributed by atoms with E-state index in [1.165, 1.54) is 35.6 Å². The summed E-state index contributed by atoms with van der Waals surface area (Å²) in [5, 5.41) is 11.8. The molecule has 0 bridgehead atoms. The molecule has 1 aromatic heterocycles. The summed E-state index contributed by atoms with van der Waals surface area (Å²) in [6.45, 7) is 1.40. The summed E-state index contributed by atoms with van der Waals surface area (Å²) in [7, 11) is 0. The molecule has 0 spiro atoms. The van der Waals surface area contributed by atoms with Crippen molar-refractivity contribution in [1.82, 2.24) is 15.5 Å². The normalized spacial score (nSPS) is 12.8. The largest absolute Gasteiger partial charge is 0.418 e. The third-order valence-corrected chi connectivity index (χ3v) is 3.91. The van der Waals surface area contributed by atoms with E-state index in [1.54, 1.807) is 6.07 Å². The fourth-order valence-corrected chi connectivity index (χ4v) is 2.67. The first kappa shape index (κ1) is 18.3. The monoisotopic (exact) mass is 359 g/mol. The Labute approximate surface area is 140 Å². The number of aromatic nitrogens is 2. The fourth-order valence-electron chi connectivity index (χ4n) is 1.96. The van der Waals surface area contributed by atoms with Gasteiger partial charge in [-0.25, -0.2) is 0 Å². The zero-order chi connectivity index (χ0) is 17.6. The summed E-state index contributed by atoms with van der Waals surface area (Å²) in [4.78, 5) is 11.7. The van der Waals surface area contributed by atoms with Gasteiger partial charge in [-0.1, -0.05) is 30.3 Å². The predicted octanol–water partition coefficient (Wildman–Crippen LogP) is 2.83. The van der Waals surface area contributed by atoms with Gasteiger partial charge in [0.2, 0.25) is 5.91 Å². The molecule has 1 unspecified atom stereocenters. The van der Waals surface area contributed by atoms with Crippen LogP contribution in [0.25, 0.3) is 0 Å². The van der Waals surface area contributed by atoms with Gasteiger partial charge in [0, 0.05) is 13.0 Å². The van der Waals surface area contributed by atoms with Gasteiger partial charge < -0.3 is 10.1 Å². The van der Waals surface area contributed by atoms with Crippen molar-refractivity contribution >= 4 is 17.2 Å². The molecule has 0 saturated heterocycles. The van der Waals surface area contributed by atoms with Crippen LogP contribution in [0.1, 0.15) is 21.7 Å². The predicted molar refractivity (Wildman–Crippen MR) is 82.5 cm³/mol. The molecule has 130 valence electrons. The summed E-state index contributed by atoms with van der Waals surface area (Å²) >= 11 is 1.40. The highest BCUT2D eigenvalue weighted by atomic mass is 32.1. The number of alkyl halides is 3. The number of carbonyl (C=O) groups excluding carboxylic acids is 1. The second-order valence-corrected chi connectivity index (χ2v) is 6.22. The molecule has 0 aliphatic carbocycles. The average Bonchev–Trinajstić information content (AvgIpc) is 2.93. The molecule has 24 heavy (non-hydrogen) atoms. The molecule has 0 radical (unpaired) electrons. The number of rotatable bonds is 7. The summed E-state index contributed by atoms with van der Waals surface area (Å²) in [5.74, 6) is -0.610. The number of amides is 1. The van der Waals surface area contributed by atoms with E-state index in [-0.39, 0.29) is 12.1 Å². The summed E-state index contributed by atoms with van der Waals surface area (Å²) in [5.41, 5.74) is -0.0397. The zero-order valence-corrected chi connectivity index (χ0v) is 13.7. The Kier molecular flexibility index (Phi) is 6.27. The molecule has 2 aromatic rings. The smallest absolute Gasteiger partial charge is 0.354 e. The van der Waals surface area contributed by atoms with Gasteiger partial charge >= 0.3 is 6.18 Å². The van der Waals surface area contributed by atoms with Crippen LogP contribution in [-0.2, 0) is 16.0 Å². The van der Waals surface area contributed by atoms with Crippen LogP contribution in [0.15, 0.2) is 30.3 Å². The van der Waals surface area contributed by atoms with E-state index >= 15 is 0 Å². The number of hydrogen-bond donors (Lipinski definition) is 1. The van der Waals surface area contributed by atoms with Gasteiger partial charge in [0.05, 0.1) is 0 Å². The number of ether oxygens (including phenoxy) is 1. The Morgan fingerprint density at radius 2 is 2.00 bits per heavy atom. The summed E-state index contributed by atoms with van der Waals surface area (Å²) in [6.07, 6.45) is -6.25. The van der Waals surface area contributed by atoms with Crippen molar-refractivity contribution in [2.75, 3.05) is 13.2 Å². The van der Waals surface area contributed by atoms with Crippen molar-refractivity contribution in [3.63, 3.8) is 0 Å². The Morgan fingerprint density at radius 3 is 2.58 bits per heavy atom. The van der Waals surface area contributed by atoms with Crippen molar-refractivity contribution in [3.05, 3.63) is 45.9 Å². The van der Waals surface area contributed by atoms with Gasteiger partial charge in [-0.3, -0.25) is 4.79 Å². The van der Waals surface area contributed by atoms with Crippen LogP contribution < -0.4 is 5.32 Å². The first-order valence-corrected chi connectivity index (χ1v) is 7.97. The van der Waals surface area contributed by atoms with Gasteiger partial charge in [-0.15, -0.1) is 21.5 Å². The number of carbonyl (C=O) groups is 1. The number of aryl methyl sites for hydroxylation is 1. The van der Waals surface area contributed by atoms with E-state index in [4.69, 9.17) is 4.74 Å². The van der Waals surface area contributed by atoms with Crippen molar-refractivity contribution in [1.29, 1.82) is 0 Å². The van der Waals surface area contributed by atoms with Gasteiger partial charge in [-0.05, 0) is 12.5 Å². The van der Waals surface area contributed by atoms with E-state index in [0.29, 0.717) is 6.42 Å². The zero-order valence-electron chi connectivity index (χ0n) is 12.8. The SMILES string of the molecule is Cc1nnc(CCNC(=O)COC(c2ccccc2)C(F)(F)F)s1. The van der Waals surface area contributed by atoms with Crippen LogP contribution >= 0.6 is 11.3 Å². The van der Waals surface area contributed by atoms with Crippen molar-refractivity contribution in [3.8, 4) is 0 Å². The maximum atomic E-state index is 13.1. The number of nitrogens with zero attached hydrogens (tertiary/aromatic N) is 2. The standard InChI is InChI=1S/C15H16F3N3O2S/c1-10-20-21-13(24-10)7-8-19-12(22)9-23-14(15(16,17)18)11-5-3-2-4-6-11/h2-6,14H,7-9H2,1H3,(H,19,22). The van der Waals surface area contributed by atoms with E-state index in [0.717, 1.165) is 10.0 Å². The number of benzene rings is 1. The van der Waals surface area contributed by atoms with E-state index in [9.17, 15) is 18.0 Å². The quantitative estimate of drug-likeness (QED) is 0.826. The minimum Gasteiger partial charge on any atom is -0.354 e. The van der Waals surface area contributed by atoms with Crippen LogP contribution in [0.4, 0.5) is 13.2 Å². The molecule has 1 aromatic carbocycles. The summed E-state index contributed by atoms with van der Waals surface area (Å²) in [6, 6.07) is 7.21. The molecule has 0 saturated carbocycles. The Balaban J connectivity index is 1.82. The topological polar surface area (TPSA) is 64.1 Å². The lowest BCUT2D eigenvalue weighted by molar-refractivity contribution is -0.223. The first-order chi connectivity index (χ1) is 11.4. The van der Waals surface area contributed by atoms with Crippen molar-refractivity contribution in [2.24, 2.45) is 0 Å². The lowest BCUT2D eigenvalue weighted by Gasteiger charge is -2.21. The molecule has 1 atom stereocenters. The average molecular weight is 359 g/mol. The molecule has 1 N–H and O–H groups in total. The molecule has 0 aliphatic heterocycles. The third kappa shape index (κ3) is 5.57. The fraction of sp³-hybridized carbons (Fsp3) is 0.400. The molecule has 0 fully saturated rings. The second kappa shape index (κ2) is 8.20. The first-order valence-electron chi connectivity index (χ1n) is 7.15. The van der Waals surface area contributed by atoms with Gasteiger partial charge in [0.1, 0.15) is 16.6 Å². The Hall–Kier alpha value is -2.00. The van der Waals surface area contributed by atoms with Crippen LogP contribution in [0.2, 0.25) is 0 Å². The van der Waals surface area contributed by atoms with E-state index in [1.807, 2.05) is 6.92 Å². The highest BCUT2D eigenvalue weighted by Crippen LogP contribution is 2.35. The van der Waals surface area contributed by atoms with Crippen LogP contribution in [0, 0.1) is 6.92 Å². The number of nitrogens with one attached hydrogen (secondary N) is 1. The Morgan fingerprint density at radius 1 is 1.29 bits per heavy atom. The van der Waals surface area contributed by atoms with Crippen LogP contribution in [0.3, 0.4) is 0 Å². The molecule has 9 heteroatoms. The van der Waals surface area contributed by atoms with Crippen molar-refractivity contribution in [2.45, 2.75) is 25.6 Å². The van der Waals surface area contributed by atoms with Gasteiger partial charge in [-0.2, -0.15) is 13.2 Å². The molecule has 1 amide bonds.